The van der Waals surface area contributed by atoms with E-state index < -0.39 is 0 Å². The van der Waals surface area contributed by atoms with Gasteiger partial charge in [0, 0.05) is 99.4 Å². The van der Waals surface area contributed by atoms with Gasteiger partial charge in [0.1, 0.15) is 0 Å². The zero-order valence-corrected chi connectivity index (χ0v) is 62.2. The van der Waals surface area contributed by atoms with E-state index in [4.69, 9.17) is 59.8 Å². The molecule has 0 bridgehead atoms. The van der Waals surface area contributed by atoms with Gasteiger partial charge < -0.3 is 9.13 Å². The summed E-state index contributed by atoms with van der Waals surface area (Å²) in [6.07, 6.45) is 0. The van der Waals surface area contributed by atoms with Gasteiger partial charge in [-0.1, -0.05) is 322 Å². The molecule has 0 fully saturated rings. The lowest BCUT2D eigenvalue weighted by atomic mass is 9.95. The van der Waals surface area contributed by atoms with Gasteiger partial charge in [0.25, 0.3) is 0 Å². The zero-order chi connectivity index (χ0) is 76.8. The average Bonchev–Trinajstić information content (AvgIpc) is 1.57. The minimum atomic E-state index is 0.524. The monoisotopic (exact) mass is 1480 g/mol. The van der Waals surface area contributed by atoms with Gasteiger partial charge >= 0.3 is 0 Å². The molecule has 0 N–H and O–H groups in total. The summed E-state index contributed by atoms with van der Waals surface area (Å²) in [5, 5.41) is 4.12. The Morgan fingerprint density at radius 3 is 0.586 bits per heavy atom. The number of rotatable bonds is 16. The summed E-state index contributed by atoms with van der Waals surface area (Å²) in [4.78, 5) is 62.6. The molecule has 0 aliphatic rings. The predicted molar refractivity (Wildman–Crippen MR) is 465 cm³/mol. The highest BCUT2D eigenvalue weighted by Gasteiger charge is 2.26. The van der Waals surface area contributed by atoms with E-state index >= 15 is 0 Å². The lowest BCUT2D eigenvalue weighted by molar-refractivity contribution is 1.07. The first-order valence-corrected chi connectivity index (χ1v) is 38.4. The Labute approximate surface area is 667 Å². The van der Waals surface area contributed by atoms with Crippen molar-refractivity contribution in [1.29, 1.82) is 0 Å². The van der Waals surface area contributed by atoms with Crippen molar-refractivity contribution in [3.8, 4) is 170 Å². The molecule has 6 aromatic heterocycles. The minimum absolute atomic E-state index is 0.524. The van der Waals surface area contributed by atoms with Crippen LogP contribution in [0.5, 0.6) is 0 Å². The lowest BCUT2D eigenvalue weighted by Gasteiger charge is -2.19. The van der Waals surface area contributed by atoms with Crippen LogP contribution in [0.25, 0.3) is 214 Å². The molecule has 0 aliphatic carbocycles. The van der Waals surface area contributed by atoms with Crippen LogP contribution < -0.4 is 0 Å². The van der Waals surface area contributed by atoms with E-state index in [1.54, 1.807) is 0 Å². The largest absolute Gasteiger partial charge is 0.309 e. The van der Waals surface area contributed by atoms with Crippen LogP contribution in [0.3, 0.4) is 0 Å². The Balaban J connectivity index is 0.780. The number of nitrogens with zero attached hydrogens (tertiary/aromatic N) is 14. The van der Waals surface area contributed by atoms with Crippen molar-refractivity contribution in [2.24, 2.45) is 0 Å². The van der Waals surface area contributed by atoms with Gasteiger partial charge in [-0.2, -0.15) is 0 Å². The highest BCUT2D eigenvalue weighted by Crippen LogP contribution is 2.45. The van der Waals surface area contributed by atoms with Crippen molar-refractivity contribution in [2.45, 2.75) is 0 Å². The van der Waals surface area contributed by atoms with Crippen LogP contribution in [0, 0.1) is 0 Å². The normalized spacial score (nSPS) is 11.4. The van der Waals surface area contributed by atoms with Crippen LogP contribution in [-0.4, -0.2) is 68.9 Å². The number of hydrogen-bond acceptors (Lipinski definition) is 12. The molecule has 15 aromatic carbocycles. The number of benzene rings is 15. The molecule has 0 aliphatic heterocycles. The predicted octanol–water partition coefficient (Wildman–Crippen LogP) is 24.0. The molecule has 542 valence electrons. The highest BCUT2D eigenvalue weighted by atomic mass is 15.1. The quantitative estimate of drug-likeness (QED) is 0.0900. The number of aromatic nitrogens is 14. The fourth-order valence-electron chi connectivity index (χ4n) is 15.5. The SMILES string of the molecule is c1ccc(-c2nc(-c3ccccc3)nc(-c3ccc(-c4cccc(-c5ccc(-c6nc(-c7ccccc7)nc(-c7ccccc7)n6)cc5-n5c6ccccc6c6cc(-c7nc(-c8ccccc8)nc(-c8ccccc8)n7)ccc65)c4)c(-n4c5ccccc5c5cc(-c6nc(-c7ccccc7)nc(-c7ccccc7)n6)ccc54)c3)n2)cc1. The maximum Gasteiger partial charge on any atom is 0.164 e. The molecule has 0 unspecified atom stereocenters. The zero-order valence-electron chi connectivity index (χ0n) is 62.2. The molecule has 0 amide bonds. The van der Waals surface area contributed by atoms with Crippen molar-refractivity contribution in [3.63, 3.8) is 0 Å². The molecule has 14 nitrogen and oxygen atoms in total. The van der Waals surface area contributed by atoms with Crippen LogP contribution in [0.2, 0.25) is 0 Å². The molecular weight excluding hydrogens is 1420 g/mol. The van der Waals surface area contributed by atoms with Gasteiger partial charge in [-0.05, 0) is 77.9 Å². The fraction of sp³-hybridized carbons (Fsp3) is 0. The van der Waals surface area contributed by atoms with Crippen LogP contribution in [0.15, 0.2) is 388 Å². The number of para-hydroxylation sites is 2. The Bertz CT molecular complexity index is 6630. The second-order valence-corrected chi connectivity index (χ2v) is 28.4. The summed E-state index contributed by atoms with van der Waals surface area (Å²) < 4.78 is 4.76. The lowest BCUT2D eigenvalue weighted by Crippen LogP contribution is -2.03. The first-order valence-electron chi connectivity index (χ1n) is 38.4. The number of hydrogen-bond donors (Lipinski definition) is 0. The molecule has 0 atom stereocenters. The third-order valence-corrected chi connectivity index (χ3v) is 21.1. The van der Waals surface area contributed by atoms with Crippen molar-refractivity contribution in [3.05, 3.63) is 388 Å². The fourth-order valence-corrected chi connectivity index (χ4v) is 15.5. The summed E-state index contributed by atoms with van der Waals surface area (Å²) >= 11 is 0. The molecule has 116 heavy (non-hydrogen) atoms. The molecule has 0 saturated carbocycles. The van der Waals surface area contributed by atoms with Crippen molar-refractivity contribution in [1.82, 2.24) is 68.9 Å². The van der Waals surface area contributed by atoms with Gasteiger partial charge in [0.2, 0.25) is 0 Å². The summed E-state index contributed by atoms with van der Waals surface area (Å²) in [7, 11) is 0. The molecule has 6 heterocycles. The van der Waals surface area contributed by atoms with E-state index in [0.29, 0.717) is 69.9 Å². The van der Waals surface area contributed by atoms with E-state index in [2.05, 4.69) is 155 Å². The standard InChI is InChI=1S/C102H64N14/c1-9-30-65(31-10-1)91-103-92(66-32-11-2-12-33-66)108-99(107-91)75-54-58-87-83(61-75)81-48-25-27-50-85(81)115(87)89-63-77(101-111-95(69-38-17-5-18-39-69)105-96(112-101)70-40-19-6-20-41-70)52-56-79(89)73-46-29-47-74(60-73)80-57-53-78(102-113-97(71-42-21-7-22-43-71)106-98(114-102)72-44-23-8-24-45-72)64-90(80)116-86-51-28-26-49-82(86)84-62-76(55-59-88(84)116)100-109-93(67-34-13-3-14-35-67)104-94(110-100)68-36-15-4-16-37-68/h1-64H. The summed E-state index contributed by atoms with van der Waals surface area (Å²) in [5.74, 6) is 6.76. The topological polar surface area (TPSA) is 165 Å². The summed E-state index contributed by atoms with van der Waals surface area (Å²) in [5.41, 5.74) is 19.9. The number of fused-ring (bicyclic) bond motifs is 6. The van der Waals surface area contributed by atoms with E-state index in [-0.39, 0.29) is 0 Å². The smallest absolute Gasteiger partial charge is 0.164 e. The molecule has 21 aromatic rings. The maximum absolute atomic E-state index is 5.33. The van der Waals surface area contributed by atoms with E-state index in [1.165, 1.54) is 0 Å². The summed E-state index contributed by atoms with van der Waals surface area (Å²) in [6.45, 7) is 0. The Morgan fingerprint density at radius 1 is 0.129 bits per heavy atom. The van der Waals surface area contributed by atoms with Crippen molar-refractivity contribution >= 4 is 43.6 Å². The van der Waals surface area contributed by atoms with Gasteiger partial charge in [0.15, 0.2) is 69.9 Å². The second kappa shape index (κ2) is 29.3. The van der Waals surface area contributed by atoms with Gasteiger partial charge in [-0.3, -0.25) is 0 Å². The maximum atomic E-state index is 5.33. The molecule has 21 rings (SSSR count). The Hall–Kier alpha value is -16.1. The van der Waals surface area contributed by atoms with Crippen molar-refractivity contribution in [2.75, 3.05) is 0 Å². The molecule has 0 spiro atoms. The minimum Gasteiger partial charge on any atom is -0.309 e. The van der Waals surface area contributed by atoms with Crippen LogP contribution >= 0.6 is 0 Å². The molecular formula is C102H64N14. The van der Waals surface area contributed by atoms with Crippen molar-refractivity contribution < 1.29 is 0 Å². The average molecular weight is 1490 g/mol. The van der Waals surface area contributed by atoms with Gasteiger partial charge in [-0.15, -0.1) is 0 Å². The van der Waals surface area contributed by atoms with Gasteiger partial charge in [0.05, 0.1) is 33.4 Å². The summed E-state index contributed by atoms with van der Waals surface area (Å²) in [6, 6.07) is 133. The Morgan fingerprint density at radius 2 is 0.328 bits per heavy atom. The van der Waals surface area contributed by atoms with Gasteiger partial charge in [-0.25, -0.2) is 59.8 Å². The van der Waals surface area contributed by atoms with Crippen LogP contribution in [0.1, 0.15) is 0 Å². The third kappa shape index (κ3) is 12.8. The second-order valence-electron chi connectivity index (χ2n) is 28.4. The molecule has 14 heteroatoms. The van der Waals surface area contributed by atoms with E-state index in [9.17, 15) is 0 Å². The highest BCUT2D eigenvalue weighted by molar-refractivity contribution is 6.12. The van der Waals surface area contributed by atoms with E-state index in [1.807, 2.05) is 243 Å². The van der Waals surface area contributed by atoms with Crippen LogP contribution in [0.4, 0.5) is 0 Å². The third-order valence-electron chi connectivity index (χ3n) is 21.1. The van der Waals surface area contributed by atoms with E-state index in [0.717, 1.165) is 144 Å². The first kappa shape index (κ1) is 68.0. The molecule has 0 saturated heterocycles. The Kier molecular flexibility index (Phi) is 17.2. The molecule has 0 radical (unpaired) electrons. The first-order chi connectivity index (χ1) is 57.5. The van der Waals surface area contributed by atoms with Crippen LogP contribution in [-0.2, 0) is 0 Å².